The van der Waals surface area contributed by atoms with Crippen molar-refractivity contribution in [2.24, 2.45) is 0 Å². The van der Waals surface area contributed by atoms with E-state index in [9.17, 15) is 0 Å². The van der Waals surface area contributed by atoms with Crippen molar-refractivity contribution in [2.45, 2.75) is 59.2 Å². The van der Waals surface area contributed by atoms with Crippen molar-refractivity contribution in [3.05, 3.63) is 36.0 Å². The fourth-order valence-electron chi connectivity index (χ4n) is 2.09. The highest BCUT2D eigenvalue weighted by Crippen LogP contribution is 2.27. The molecule has 1 heterocycles. The second kappa shape index (κ2) is 6.44. The molecule has 2 aromatic rings. The SMILES string of the molecule is CCC(C)Oc1ncc(CNC(C)(C)C)c2ccccc12. The monoisotopic (exact) mass is 286 g/mol. The van der Waals surface area contributed by atoms with Crippen LogP contribution in [0.1, 0.15) is 46.6 Å². The smallest absolute Gasteiger partial charge is 0.221 e. The maximum absolute atomic E-state index is 5.95. The predicted molar refractivity (Wildman–Crippen MR) is 88.7 cm³/mol. The zero-order valence-electron chi connectivity index (χ0n) is 13.7. The van der Waals surface area contributed by atoms with Gasteiger partial charge in [0.2, 0.25) is 5.88 Å². The van der Waals surface area contributed by atoms with Crippen molar-refractivity contribution < 1.29 is 4.74 Å². The summed E-state index contributed by atoms with van der Waals surface area (Å²) in [6.07, 6.45) is 3.08. The molecule has 1 aromatic heterocycles. The van der Waals surface area contributed by atoms with Gasteiger partial charge >= 0.3 is 0 Å². The van der Waals surface area contributed by atoms with Gasteiger partial charge in [-0.2, -0.15) is 0 Å². The van der Waals surface area contributed by atoms with Gasteiger partial charge in [0, 0.05) is 23.7 Å². The predicted octanol–water partition coefficient (Wildman–Crippen LogP) is 4.30. The Morgan fingerprint density at radius 3 is 2.48 bits per heavy atom. The third-order valence-electron chi connectivity index (χ3n) is 3.54. The molecule has 21 heavy (non-hydrogen) atoms. The van der Waals surface area contributed by atoms with Crippen molar-refractivity contribution in [1.82, 2.24) is 10.3 Å². The van der Waals surface area contributed by atoms with E-state index in [1.54, 1.807) is 0 Å². The maximum atomic E-state index is 5.95. The number of hydrogen-bond donors (Lipinski definition) is 1. The van der Waals surface area contributed by atoms with Crippen LogP contribution in [-0.4, -0.2) is 16.6 Å². The fraction of sp³-hybridized carbons (Fsp3) is 0.500. The number of fused-ring (bicyclic) bond motifs is 1. The molecule has 1 N–H and O–H groups in total. The summed E-state index contributed by atoms with van der Waals surface area (Å²) in [5.41, 5.74) is 1.30. The molecule has 0 aliphatic carbocycles. The lowest BCUT2D eigenvalue weighted by atomic mass is 10.1. The summed E-state index contributed by atoms with van der Waals surface area (Å²) >= 11 is 0. The van der Waals surface area contributed by atoms with Crippen molar-refractivity contribution in [3.8, 4) is 5.88 Å². The number of aromatic nitrogens is 1. The van der Waals surface area contributed by atoms with E-state index in [-0.39, 0.29) is 11.6 Å². The quantitative estimate of drug-likeness (QED) is 0.889. The van der Waals surface area contributed by atoms with E-state index in [2.05, 4.69) is 63.1 Å². The normalized spacial score (nSPS) is 13.4. The molecule has 1 atom stereocenters. The largest absolute Gasteiger partial charge is 0.474 e. The molecule has 1 aromatic carbocycles. The molecule has 3 nitrogen and oxygen atoms in total. The molecular weight excluding hydrogens is 260 g/mol. The van der Waals surface area contributed by atoms with Gasteiger partial charge in [-0.05, 0) is 51.1 Å². The van der Waals surface area contributed by atoms with Gasteiger partial charge in [0.05, 0.1) is 6.10 Å². The standard InChI is InChI=1S/C18H26N2O/c1-6-13(2)21-17-16-10-8-7-9-15(16)14(11-19-17)12-20-18(3,4)5/h7-11,13,20H,6,12H2,1-5H3. The number of nitrogens with one attached hydrogen (secondary N) is 1. The van der Waals surface area contributed by atoms with E-state index in [1.165, 1.54) is 10.9 Å². The lowest BCUT2D eigenvalue weighted by molar-refractivity contribution is 0.211. The van der Waals surface area contributed by atoms with Crippen molar-refractivity contribution >= 4 is 10.8 Å². The summed E-state index contributed by atoms with van der Waals surface area (Å²) < 4.78 is 5.95. The Hall–Kier alpha value is -1.61. The number of ether oxygens (including phenoxy) is 1. The van der Waals surface area contributed by atoms with E-state index >= 15 is 0 Å². The molecule has 0 amide bonds. The van der Waals surface area contributed by atoms with Crippen LogP contribution in [-0.2, 0) is 6.54 Å². The van der Waals surface area contributed by atoms with Crippen LogP contribution in [0.3, 0.4) is 0 Å². The lowest BCUT2D eigenvalue weighted by Gasteiger charge is -2.21. The molecule has 0 spiro atoms. The van der Waals surface area contributed by atoms with Crippen LogP contribution in [0.4, 0.5) is 0 Å². The van der Waals surface area contributed by atoms with Crippen LogP contribution in [0.2, 0.25) is 0 Å². The third-order valence-corrected chi connectivity index (χ3v) is 3.54. The van der Waals surface area contributed by atoms with E-state index in [0.29, 0.717) is 0 Å². The Labute approximate surface area is 127 Å². The average molecular weight is 286 g/mol. The minimum absolute atomic E-state index is 0.0903. The molecule has 3 heteroatoms. The number of benzene rings is 1. The Balaban J connectivity index is 2.35. The first kappa shape index (κ1) is 15.8. The Morgan fingerprint density at radius 1 is 1.19 bits per heavy atom. The Bertz CT molecular complexity index is 602. The molecule has 2 rings (SSSR count). The number of hydrogen-bond acceptors (Lipinski definition) is 3. The Morgan fingerprint density at radius 2 is 1.86 bits per heavy atom. The van der Waals surface area contributed by atoms with Gasteiger partial charge < -0.3 is 10.1 Å². The van der Waals surface area contributed by atoms with E-state index in [0.717, 1.165) is 24.2 Å². The topological polar surface area (TPSA) is 34.1 Å². The minimum atomic E-state index is 0.0903. The fourth-order valence-corrected chi connectivity index (χ4v) is 2.09. The first-order valence-corrected chi connectivity index (χ1v) is 7.69. The van der Waals surface area contributed by atoms with Crippen LogP contribution >= 0.6 is 0 Å². The molecule has 0 aliphatic heterocycles. The highest BCUT2D eigenvalue weighted by Gasteiger charge is 2.13. The van der Waals surface area contributed by atoms with Gasteiger partial charge in [-0.3, -0.25) is 0 Å². The van der Waals surface area contributed by atoms with E-state index in [4.69, 9.17) is 4.74 Å². The molecule has 0 saturated carbocycles. The first-order valence-electron chi connectivity index (χ1n) is 7.69. The van der Waals surface area contributed by atoms with Crippen molar-refractivity contribution in [1.29, 1.82) is 0 Å². The van der Waals surface area contributed by atoms with Gasteiger partial charge in [0.1, 0.15) is 0 Å². The second-order valence-corrected chi connectivity index (χ2v) is 6.57. The lowest BCUT2D eigenvalue weighted by Crippen LogP contribution is -2.35. The van der Waals surface area contributed by atoms with Crippen LogP contribution in [0, 0.1) is 0 Å². The summed E-state index contributed by atoms with van der Waals surface area (Å²) in [4.78, 5) is 4.53. The molecule has 0 aliphatic rings. The Kier molecular flexibility index (Phi) is 4.84. The van der Waals surface area contributed by atoms with Gasteiger partial charge in [0.25, 0.3) is 0 Å². The number of rotatable bonds is 5. The van der Waals surface area contributed by atoms with Gasteiger partial charge in [-0.15, -0.1) is 0 Å². The van der Waals surface area contributed by atoms with E-state index < -0.39 is 0 Å². The van der Waals surface area contributed by atoms with Crippen LogP contribution in [0.15, 0.2) is 30.5 Å². The van der Waals surface area contributed by atoms with Crippen LogP contribution in [0.5, 0.6) is 5.88 Å². The molecule has 0 fully saturated rings. The summed E-state index contributed by atoms with van der Waals surface area (Å²) in [6.45, 7) is 11.5. The molecule has 0 radical (unpaired) electrons. The van der Waals surface area contributed by atoms with Gasteiger partial charge in [-0.1, -0.05) is 25.1 Å². The summed E-state index contributed by atoms with van der Waals surface area (Å²) in [6, 6.07) is 8.32. The molecule has 114 valence electrons. The molecular formula is C18H26N2O. The zero-order valence-corrected chi connectivity index (χ0v) is 13.7. The van der Waals surface area contributed by atoms with Gasteiger partial charge in [0.15, 0.2) is 0 Å². The van der Waals surface area contributed by atoms with Gasteiger partial charge in [-0.25, -0.2) is 4.98 Å². The highest BCUT2D eigenvalue weighted by atomic mass is 16.5. The average Bonchev–Trinajstić information content (AvgIpc) is 2.45. The highest BCUT2D eigenvalue weighted by molar-refractivity contribution is 5.89. The minimum Gasteiger partial charge on any atom is -0.474 e. The van der Waals surface area contributed by atoms with Crippen molar-refractivity contribution in [2.75, 3.05) is 0 Å². The molecule has 0 bridgehead atoms. The van der Waals surface area contributed by atoms with E-state index in [1.807, 2.05) is 12.3 Å². The summed E-state index contributed by atoms with van der Waals surface area (Å²) in [5.74, 6) is 0.736. The van der Waals surface area contributed by atoms with Crippen molar-refractivity contribution in [3.63, 3.8) is 0 Å². The third kappa shape index (κ3) is 4.18. The molecule has 1 unspecified atom stereocenters. The van der Waals surface area contributed by atoms with Crippen LogP contribution in [0.25, 0.3) is 10.8 Å². The second-order valence-electron chi connectivity index (χ2n) is 6.57. The number of pyridine rings is 1. The number of nitrogens with zero attached hydrogens (tertiary/aromatic N) is 1. The summed E-state index contributed by atoms with van der Waals surface area (Å²) in [7, 11) is 0. The maximum Gasteiger partial charge on any atom is 0.221 e. The molecule has 0 saturated heterocycles. The summed E-state index contributed by atoms with van der Waals surface area (Å²) in [5, 5.41) is 5.82. The first-order chi connectivity index (χ1) is 9.90. The zero-order chi connectivity index (χ0) is 15.5. The van der Waals surface area contributed by atoms with Crippen LogP contribution < -0.4 is 10.1 Å².